The summed E-state index contributed by atoms with van der Waals surface area (Å²) >= 11 is 0. The minimum atomic E-state index is -4.38. The van der Waals surface area contributed by atoms with Crippen molar-refractivity contribution < 1.29 is 23.0 Å². The van der Waals surface area contributed by atoms with Gasteiger partial charge in [0.15, 0.2) is 0 Å². The molecule has 0 saturated heterocycles. The zero-order valence-corrected chi connectivity index (χ0v) is 10.8. The van der Waals surface area contributed by atoms with E-state index < -0.39 is 17.3 Å². The van der Waals surface area contributed by atoms with Crippen LogP contribution in [0.15, 0.2) is 18.2 Å². The molecule has 0 aromatic heterocycles. The Morgan fingerprint density at radius 3 is 2.58 bits per heavy atom. The fourth-order valence-corrected chi connectivity index (χ4v) is 2.08. The van der Waals surface area contributed by atoms with Crippen molar-refractivity contribution in [2.75, 3.05) is 24.6 Å². The highest BCUT2D eigenvalue weighted by atomic mass is 19.4. The molecule has 3 nitrogen and oxygen atoms in total. The van der Waals surface area contributed by atoms with Crippen molar-refractivity contribution in [2.45, 2.75) is 25.6 Å². The maximum Gasteiger partial charge on any atom is 0.416 e. The molecule has 1 aliphatic rings. The molecule has 1 aromatic carbocycles. The Bertz CT molecular complexity index is 466. The predicted molar refractivity (Wildman–Crippen MR) is 65.4 cm³/mol. The molecule has 0 aliphatic carbocycles. The lowest BCUT2D eigenvalue weighted by molar-refractivity contribution is -0.137. The molecular formula is C13H16F3NO2. The quantitative estimate of drug-likeness (QED) is 0.900. The van der Waals surface area contributed by atoms with E-state index in [0.29, 0.717) is 25.4 Å². The Morgan fingerprint density at radius 2 is 2.00 bits per heavy atom. The van der Waals surface area contributed by atoms with E-state index in [2.05, 4.69) is 0 Å². The minimum Gasteiger partial charge on any atom is -0.490 e. The van der Waals surface area contributed by atoms with E-state index in [9.17, 15) is 18.3 Å². The summed E-state index contributed by atoms with van der Waals surface area (Å²) in [5.74, 6) is 0.213. The first-order valence-corrected chi connectivity index (χ1v) is 5.98. The summed E-state index contributed by atoms with van der Waals surface area (Å²) in [5.41, 5.74) is -1.06. The van der Waals surface area contributed by atoms with Crippen molar-refractivity contribution in [1.82, 2.24) is 0 Å². The van der Waals surface area contributed by atoms with Crippen LogP contribution in [0.4, 0.5) is 18.9 Å². The van der Waals surface area contributed by atoms with Gasteiger partial charge in [0.25, 0.3) is 0 Å². The smallest absolute Gasteiger partial charge is 0.416 e. The number of fused-ring (bicyclic) bond motifs is 1. The van der Waals surface area contributed by atoms with Gasteiger partial charge in [-0.25, -0.2) is 0 Å². The van der Waals surface area contributed by atoms with Crippen LogP contribution in [0.3, 0.4) is 0 Å². The number of hydrogen-bond donors (Lipinski definition) is 1. The molecular weight excluding hydrogens is 259 g/mol. The van der Waals surface area contributed by atoms with Gasteiger partial charge in [-0.05, 0) is 32.0 Å². The highest BCUT2D eigenvalue weighted by Crippen LogP contribution is 2.38. The average molecular weight is 275 g/mol. The van der Waals surface area contributed by atoms with Crippen molar-refractivity contribution in [3.8, 4) is 5.75 Å². The van der Waals surface area contributed by atoms with Crippen molar-refractivity contribution in [3.63, 3.8) is 0 Å². The first-order chi connectivity index (χ1) is 8.67. The summed E-state index contributed by atoms with van der Waals surface area (Å²) in [5, 5.41) is 9.82. The number of benzene rings is 1. The van der Waals surface area contributed by atoms with Crippen LogP contribution in [0.25, 0.3) is 0 Å². The van der Waals surface area contributed by atoms with Gasteiger partial charge in [-0.15, -0.1) is 0 Å². The van der Waals surface area contributed by atoms with Crippen LogP contribution < -0.4 is 9.64 Å². The van der Waals surface area contributed by atoms with Gasteiger partial charge in [-0.2, -0.15) is 13.2 Å². The molecule has 19 heavy (non-hydrogen) atoms. The van der Waals surface area contributed by atoms with Gasteiger partial charge < -0.3 is 14.7 Å². The molecule has 0 radical (unpaired) electrons. The van der Waals surface area contributed by atoms with Crippen molar-refractivity contribution in [1.29, 1.82) is 0 Å². The van der Waals surface area contributed by atoms with E-state index >= 15 is 0 Å². The molecule has 6 heteroatoms. The maximum atomic E-state index is 12.6. The maximum absolute atomic E-state index is 12.6. The molecule has 1 aliphatic heterocycles. The number of aliphatic hydroxyl groups is 1. The van der Waals surface area contributed by atoms with Crippen molar-refractivity contribution in [3.05, 3.63) is 23.8 Å². The summed E-state index contributed by atoms with van der Waals surface area (Å²) in [6.45, 7) is 4.51. The van der Waals surface area contributed by atoms with Crippen LogP contribution in [-0.4, -0.2) is 30.4 Å². The molecule has 0 spiro atoms. The number of alkyl halides is 3. The number of nitrogens with zero attached hydrogens (tertiary/aromatic N) is 1. The van der Waals surface area contributed by atoms with Gasteiger partial charge in [0.1, 0.15) is 12.4 Å². The normalized spacial score (nSPS) is 16.0. The molecule has 0 unspecified atom stereocenters. The van der Waals surface area contributed by atoms with Crippen LogP contribution >= 0.6 is 0 Å². The molecule has 0 fully saturated rings. The van der Waals surface area contributed by atoms with E-state index in [1.807, 2.05) is 4.90 Å². The van der Waals surface area contributed by atoms with Gasteiger partial charge in [0, 0.05) is 6.54 Å². The second kappa shape index (κ2) is 4.59. The van der Waals surface area contributed by atoms with Gasteiger partial charge in [-0.3, -0.25) is 0 Å². The van der Waals surface area contributed by atoms with E-state index in [4.69, 9.17) is 4.74 Å². The summed E-state index contributed by atoms with van der Waals surface area (Å²) in [4.78, 5) is 1.83. The fourth-order valence-electron chi connectivity index (χ4n) is 2.08. The number of anilines is 1. The van der Waals surface area contributed by atoms with Gasteiger partial charge in [0.05, 0.1) is 23.4 Å². The third-order valence-corrected chi connectivity index (χ3v) is 2.82. The summed E-state index contributed by atoms with van der Waals surface area (Å²) in [6, 6.07) is 3.43. The third-order valence-electron chi connectivity index (χ3n) is 2.82. The SMILES string of the molecule is CC(C)(O)CN1CCOc2cc(C(F)(F)F)ccc21. The van der Waals surface area contributed by atoms with Crippen LogP contribution in [-0.2, 0) is 6.18 Å². The molecule has 0 amide bonds. The number of β-amino-alcohol motifs (C(OH)–C–C–N with tert-alkyl or cyclic N) is 1. The average Bonchev–Trinajstić information content (AvgIpc) is 2.25. The highest BCUT2D eigenvalue weighted by molar-refractivity contribution is 5.61. The largest absolute Gasteiger partial charge is 0.490 e. The molecule has 0 bridgehead atoms. The van der Waals surface area contributed by atoms with Crippen LogP contribution in [0, 0.1) is 0 Å². The molecule has 106 valence electrons. The Morgan fingerprint density at radius 1 is 1.32 bits per heavy atom. The van der Waals surface area contributed by atoms with Crippen LogP contribution in [0.1, 0.15) is 19.4 Å². The molecule has 1 heterocycles. The lowest BCUT2D eigenvalue weighted by Gasteiger charge is -2.35. The van der Waals surface area contributed by atoms with Crippen molar-refractivity contribution in [2.24, 2.45) is 0 Å². The number of rotatable bonds is 2. The highest BCUT2D eigenvalue weighted by Gasteiger charge is 2.33. The topological polar surface area (TPSA) is 32.7 Å². The third kappa shape index (κ3) is 3.32. The van der Waals surface area contributed by atoms with Crippen LogP contribution in [0.2, 0.25) is 0 Å². The van der Waals surface area contributed by atoms with Gasteiger partial charge in [0.2, 0.25) is 0 Å². The van der Waals surface area contributed by atoms with Crippen LogP contribution in [0.5, 0.6) is 5.75 Å². The molecule has 0 saturated carbocycles. The number of ether oxygens (including phenoxy) is 1. The fraction of sp³-hybridized carbons (Fsp3) is 0.538. The Hall–Kier alpha value is -1.43. The van der Waals surface area contributed by atoms with E-state index in [1.165, 1.54) is 6.07 Å². The second-order valence-electron chi connectivity index (χ2n) is 5.26. The number of hydrogen-bond acceptors (Lipinski definition) is 3. The van der Waals surface area contributed by atoms with E-state index in [1.54, 1.807) is 13.8 Å². The summed E-state index contributed by atoms with van der Waals surface area (Å²) in [7, 11) is 0. The first-order valence-electron chi connectivity index (χ1n) is 5.98. The lowest BCUT2D eigenvalue weighted by atomic mass is 10.1. The van der Waals surface area contributed by atoms with E-state index in [-0.39, 0.29) is 5.75 Å². The van der Waals surface area contributed by atoms with Gasteiger partial charge >= 0.3 is 6.18 Å². The Kier molecular flexibility index (Phi) is 3.38. The monoisotopic (exact) mass is 275 g/mol. The zero-order valence-electron chi connectivity index (χ0n) is 10.8. The first kappa shape index (κ1) is 14.0. The Balaban J connectivity index is 2.31. The number of halogens is 3. The zero-order chi connectivity index (χ0) is 14.3. The minimum absolute atomic E-state index is 0.213. The standard InChI is InChI=1S/C13H16F3NO2/c1-12(2,18)8-17-5-6-19-11-7-9(13(14,15)16)3-4-10(11)17/h3-4,7,18H,5-6,8H2,1-2H3. The molecule has 0 atom stereocenters. The predicted octanol–water partition coefficient (Wildman–Crippen LogP) is 2.68. The van der Waals surface area contributed by atoms with Gasteiger partial charge in [-0.1, -0.05) is 0 Å². The Labute approximate surface area is 109 Å². The lowest BCUT2D eigenvalue weighted by Crippen LogP contribution is -2.42. The summed E-state index contributed by atoms with van der Waals surface area (Å²) in [6.07, 6.45) is -4.38. The van der Waals surface area contributed by atoms with E-state index in [0.717, 1.165) is 12.1 Å². The molecule has 2 rings (SSSR count). The molecule has 1 N–H and O–H groups in total. The molecule has 1 aromatic rings. The van der Waals surface area contributed by atoms with Crippen molar-refractivity contribution >= 4 is 5.69 Å². The summed E-state index contributed by atoms with van der Waals surface area (Å²) < 4.78 is 43.1. The second-order valence-corrected chi connectivity index (χ2v) is 5.26.